The number of ether oxygens (including phenoxy) is 1. The van der Waals surface area contributed by atoms with E-state index in [1.54, 1.807) is 0 Å². The molecule has 0 fully saturated rings. The van der Waals surface area contributed by atoms with E-state index in [0.29, 0.717) is 0 Å². The first-order valence-corrected chi connectivity index (χ1v) is 8.57. The van der Waals surface area contributed by atoms with Gasteiger partial charge in [-0.2, -0.15) is 5.26 Å². The molecule has 2 N–H and O–H groups in total. The first kappa shape index (κ1) is 22.4. The van der Waals surface area contributed by atoms with Crippen LogP contribution < -0.4 is 4.74 Å². The molecule has 0 aliphatic heterocycles. The SMILES string of the molecule is COc1cc(/C(O)=C(\C#N)C(=O)N(C)Cc2cccc(Cl)c2F)cc([N+](=O)[O-])c1O. The average Bonchev–Trinajstić information content (AvgIpc) is 2.71. The second-order valence-electron chi connectivity index (χ2n) is 6.01. The zero-order chi connectivity index (χ0) is 22.6. The van der Waals surface area contributed by atoms with Gasteiger partial charge in [0.15, 0.2) is 11.3 Å². The molecule has 0 saturated heterocycles. The molecule has 0 aliphatic rings. The van der Waals surface area contributed by atoms with Gasteiger partial charge in [-0.05, 0) is 12.1 Å². The lowest BCUT2D eigenvalue weighted by atomic mass is 10.1. The lowest BCUT2D eigenvalue weighted by molar-refractivity contribution is -0.386. The summed E-state index contributed by atoms with van der Waals surface area (Å²) in [5.74, 6) is -3.70. The van der Waals surface area contributed by atoms with E-state index in [1.807, 2.05) is 0 Å². The fourth-order valence-corrected chi connectivity index (χ4v) is 2.75. The van der Waals surface area contributed by atoms with Gasteiger partial charge in [-0.3, -0.25) is 14.9 Å². The van der Waals surface area contributed by atoms with Crippen LogP contribution in [-0.2, 0) is 11.3 Å². The predicted molar refractivity (Wildman–Crippen MR) is 104 cm³/mol. The molecule has 0 aromatic heterocycles. The molecule has 156 valence electrons. The van der Waals surface area contributed by atoms with Gasteiger partial charge in [0.25, 0.3) is 5.91 Å². The Morgan fingerprint density at radius 3 is 2.67 bits per heavy atom. The van der Waals surface area contributed by atoms with Crippen LogP contribution in [0.1, 0.15) is 11.1 Å². The number of carbonyl (C=O) groups excluding carboxylic acids is 1. The maximum Gasteiger partial charge on any atom is 0.315 e. The molecule has 2 aromatic carbocycles. The third-order valence-electron chi connectivity index (χ3n) is 4.09. The van der Waals surface area contributed by atoms with Crippen LogP contribution in [0.4, 0.5) is 10.1 Å². The molecule has 11 heteroatoms. The zero-order valence-electron chi connectivity index (χ0n) is 15.7. The van der Waals surface area contributed by atoms with Crippen LogP contribution in [0.15, 0.2) is 35.9 Å². The smallest absolute Gasteiger partial charge is 0.315 e. The Kier molecular flexibility index (Phi) is 6.81. The third kappa shape index (κ3) is 4.42. The molecule has 0 spiro atoms. The highest BCUT2D eigenvalue weighted by molar-refractivity contribution is 6.30. The zero-order valence-corrected chi connectivity index (χ0v) is 16.5. The number of hydrogen-bond donors (Lipinski definition) is 2. The Bertz CT molecular complexity index is 1100. The largest absolute Gasteiger partial charge is 0.506 e. The summed E-state index contributed by atoms with van der Waals surface area (Å²) in [6.07, 6.45) is 0. The number of phenols is 1. The van der Waals surface area contributed by atoms with Crippen molar-refractivity contribution >= 4 is 29.0 Å². The maximum absolute atomic E-state index is 14.1. The third-order valence-corrected chi connectivity index (χ3v) is 4.39. The number of aliphatic hydroxyl groups excluding tert-OH is 1. The van der Waals surface area contributed by atoms with Crippen LogP contribution in [0.5, 0.6) is 11.5 Å². The van der Waals surface area contributed by atoms with Crippen molar-refractivity contribution in [3.05, 3.63) is 68.0 Å². The number of aromatic hydroxyl groups is 1. The van der Waals surface area contributed by atoms with E-state index >= 15 is 0 Å². The number of nitriles is 1. The Morgan fingerprint density at radius 1 is 1.43 bits per heavy atom. The minimum atomic E-state index is -0.968. The molecule has 0 bridgehead atoms. The molecule has 1 amide bonds. The number of phenolic OH excluding ortho intramolecular Hbond substituents is 1. The summed E-state index contributed by atoms with van der Waals surface area (Å²) in [5, 5.41) is 40.6. The molecule has 0 heterocycles. The molecule has 2 aromatic rings. The summed E-state index contributed by atoms with van der Waals surface area (Å²) >= 11 is 5.71. The summed E-state index contributed by atoms with van der Waals surface area (Å²) in [6, 6.07) is 7.57. The van der Waals surface area contributed by atoms with Gasteiger partial charge >= 0.3 is 5.69 Å². The lowest BCUT2D eigenvalue weighted by Crippen LogP contribution is -2.28. The summed E-state index contributed by atoms with van der Waals surface area (Å²) in [7, 11) is 2.40. The van der Waals surface area contributed by atoms with E-state index in [1.165, 1.54) is 31.3 Å². The van der Waals surface area contributed by atoms with E-state index in [0.717, 1.165) is 24.1 Å². The van der Waals surface area contributed by atoms with E-state index in [4.69, 9.17) is 16.3 Å². The van der Waals surface area contributed by atoms with E-state index in [-0.39, 0.29) is 28.4 Å². The number of halogens is 2. The van der Waals surface area contributed by atoms with Crippen molar-refractivity contribution in [1.29, 1.82) is 5.26 Å². The number of hydrogen-bond acceptors (Lipinski definition) is 7. The molecular weight excluding hydrogens is 421 g/mol. The standard InChI is InChI=1S/C19H15ClFN3O6/c1-23(9-10-4-3-5-13(20)16(10)21)19(27)12(8-22)17(25)11-6-14(24(28)29)18(26)15(7-11)30-2/h3-7,25-26H,9H2,1-2H3/b17-12-. The molecule has 30 heavy (non-hydrogen) atoms. The Hall–Kier alpha value is -3.84. The molecule has 0 aliphatic carbocycles. The van der Waals surface area contributed by atoms with Crippen molar-refractivity contribution in [3.8, 4) is 17.6 Å². The van der Waals surface area contributed by atoms with Crippen molar-refractivity contribution in [1.82, 2.24) is 4.90 Å². The number of nitro benzene ring substituents is 1. The van der Waals surface area contributed by atoms with E-state index in [2.05, 4.69) is 0 Å². The molecule has 0 unspecified atom stereocenters. The second-order valence-corrected chi connectivity index (χ2v) is 6.42. The molecular formula is C19H15ClFN3O6. The van der Waals surface area contributed by atoms with Crippen molar-refractivity contribution in [2.45, 2.75) is 6.54 Å². The minimum Gasteiger partial charge on any atom is -0.506 e. The second kappa shape index (κ2) is 9.11. The summed E-state index contributed by atoms with van der Waals surface area (Å²) < 4.78 is 18.9. The van der Waals surface area contributed by atoms with Crippen LogP contribution in [0.2, 0.25) is 5.02 Å². The minimum absolute atomic E-state index is 0.0806. The van der Waals surface area contributed by atoms with Crippen LogP contribution >= 0.6 is 11.6 Å². The van der Waals surface area contributed by atoms with Crippen molar-refractivity contribution in [3.63, 3.8) is 0 Å². The highest BCUT2D eigenvalue weighted by Gasteiger charge is 2.26. The van der Waals surface area contributed by atoms with E-state index in [9.17, 15) is 34.8 Å². The maximum atomic E-state index is 14.1. The van der Waals surface area contributed by atoms with Gasteiger partial charge in [0.1, 0.15) is 17.6 Å². The van der Waals surface area contributed by atoms with Crippen LogP contribution in [0.3, 0.4) is 0 Å². The Morgan fingerprint density at radius 2 is 2.10 bits per heavy atom. The summed E-state index contributed by atoms with van der Waals surface area (Å²) in [4.78, 5) is 23.8. The number of methoxy groups -OCH3 is 1. The fourth-order valence-electron chi connectivity index (χ4n) is 2.56. The van der Waals surface area contributed by atoms with Crippen LogP contribution in [0.25, 0.3) is 5.76 Å². The molecule has 2 rings (SSSR count). The molecule has 9 nitrogen and oxygen atoms in total. The van der Waals surface area contributed by atoms with Crippen LogP contribution in [0, 0.1) is 27.3 Å². The topological polar surface area (TPSA) is 137 Å². The quantitative estimate of drug-likeness (QED) is 0.232. The molecule has 0 radical (unpaired) electrons. The highest BCUT2D eigenvalue weighted by atomic mass is 35.5. The number of rotatable bonds is 6. The number of carbonyl (C=O) groups is 1. The summed E-state index contributed by atoms with van der Waals surface area (Å²) in [6.45, 7) is -0.261. The fraction of sp³-hybridized carbons (Fsp3) is 0.158. The number of amides is 1. The lowest BCUT2D eigenvalue weighted by Gasteiger charge is -2.18. The predicted octanol–water partition coefficient (Wildman–Crippen LogP) is 3.55. The van der Waals surface area contributed by atoms with Gasteiger partial charge < -0.3 is 19.8 Å². The molecule has 0 saturated carbocycles. The van der Waals surface area contributed by atoms with Gasteiger partial charge in [0.2, 0.25) is 5.75 Å². The number of nitro groups is 1. The van der Waals surface area contributed by atoms with Crippen molar-refractivity contribution in [2.24, 2.45) is 0 Å². The van der Waals surface area contributed by atoms with Gasteiger partial charge in [-0.1, -0.05) is 23.7 Å². The first-order chi connectivity index (χ1) is 14.1. The number of likely N-dealkylation sites (N-methyl/N-ethyl adjacent to an activating group) is 1. The van der Waals surface area contributed by atoms with Gasteiger partial charge in [-0.25, -0.2) is 4.39 Å². The monoisotopic (exact) mass is 435 g/mol. The number of benzene rings is 2. The Balaban J connectivity index is 2.47. The first-order valence-electron chi connectivity index (χ1n) is 8.19. The summed E-state index contributed by atoms with van der Waals surface area (Å²) in [5.41, 5.74) is -1.77. The van der Waals surface area contributed by atoms with Crippen molar-refractivity contribution < 1.29 is 29.1 Å². The van der Waals surface area contributed by atoms with E-state index < -0.39 is 39.4 Å². The van der Waals surface area contributed by atoms with Crippen LogP contribution in [-0.4, -0.2) is 40.1 Å². The normalized spacial score (nSPS) is 11.3. The van der Waals surface area contributed by atoms with Gasteiger partial charge in [0.05, 0.1) is 17.1 Å². The Labute approximate surface area is 174 Å². The number of nitrogens with zero attached hydrogens (tertiary/aromatic N) is 3. The van der Waals surface area contributed by atoms with Gasteiger partial charge in [0, 0.05) is 30.8 Å². The van der Waals surface area contributed by atoms with Gasteiger partial charge in [-0.15, -0.1) is 0 Å². The molecule has 0 atom stereocenters. The highest BCUT2D eigenvalue weighted by Crippen LogP contribution is 2.38. The van der Waals surface area contributed by atoms with Crippen molar-refractivity contribution in [2.75, 3.05) is 14.2 Å². The average molecular weight is 436 g/mol. The number of aliphatic hydroxyl groups is 1.